The van der Waals surface area contributed by atoms with Crippen LogP contribution in [0.25, 0.3) is 11.4 Å². The number of hydrogen-bond acceptors (Lipinski definition) is 16. The molecule has 16 heteroatoms. The van der Waals surface area contributed by atoms with Gasteiger partial charge in [-0.25, -0.2) is 24.5 Å². The highest BCUT2D eigenvalue weighted by Gasteiger charge is 2.75. The van der Waals surface area contributed by atoms with Gasteiger partial charge in [-0.2, -0.15) is 0 Å². The van der Waals surface area contributed by atoms with Crippen LogP contribution >= 0.6 is 0 Å². The number of carbonyl (C=O) groups is 4. The van der Waals surface area contributed by atoms with Crippen LogP contribution in [0.4, 0.5) is 0 Å². The largest absolute Gasteiger partial charge is 0.468 e. The van der Waals surface area contributed by atoms with Gasteiger partial charge in [-0.05, 0) is 102 Å². The molecule has 2 saturated heterocycles. The zero-order chi connectivity index (χ0) is 46.0. The Bertz CT molecular complexity index is 2440. The van der Waals surface area contributed by atoms with Crippen molar-refractivity contribution in [2.75, 3.05) is 27.3 Å². The maximum absolute atomic E-state index is 14.9. The van der Waals surface area contributed by atoms with Crippen molar-refractivity contribution in [2.24, 2.45) is 10.8 Å². The number of aliphatic hydroxyl groups is 1. The molecule has 4 atom stereocenters. The fraction of sp³-hybridized carbons (Fsp3) is 0.396. The third-order valence-electron chi connectivity index (χ3n) is 11.2. The summed E-state index contributed by atoms with van der Waals surface area (Å²) in [6.07, 6.45) is 1.47. The molecular weight excluding hydrogens is 819 g/mol. The summed E-state index contributed by atoms with van der Waals surface area (Å²) in [6.45, 7) is 10.4. The average Bonchev–Trinajstić information content (AvgIpc) is 3.26. The maximum Gasteiger partial charge on any atom is 0.357 e. The topological polar surface area (TPSA) is 196 Å². The van der Waals surface area contributed by atoms with Crippen molar-refractivity contribution in [3.63, 3.8) is 0 Å². The Morgan fingerprint density at radius 2 is 1.06 bits per heavy atom. The third kappa shape index (κ3) is 8.98. The lowest BCUT2D eigenvalue weighted by atomic mass is 9.53. The molecule has 2 aliphatic rings. The van der Waals surface area contributed by atoms with Crippen molar-refractivity contribution in [1.82, 2.24) is 34.7 Å². The minimum absolute atomic E-state index is 0.00816. The van der Waals surface area contributed by atoms with E-state index in [0.717, 1.165) is 0 Å². The van der Waals surface area contributed by atoms with Crippen LogP contribution in [-0.4, -0.2) is 108 Å². The van der Waals surface area contributed by atoms with Gasteiger partial charge in [0.15, 0.2) is 0 Å². The number of carbonyl (C=O) groups excluding carboxylic acids is 4. The number of methoxy groups -OCH3 is 2. The molecule has 64 heavy (non-hydrogen) atoms. The Labute approximate surface area is 372 Å². The van der Waals surface area contributed by atoms with Gasteiger partial charge in [0.05, 0.1) is 66.6 Å². The number of hydrogen-bond donors (Lipinski definition) is 1. The van der Waals surface area contributed by atoms with Crippen LogP contribution in [0.5, 0.6) is 0 Å². The quantitative estimate of drug-likeness (QED) is 0.125. The van der Waals surface area contributed by atoms with E-state index in [9.17, 15) is 24.3 Å². The van der Waals surface area contributed by atoms with E-state index in [0.29, 0.717) is 34.2 Å². The molecule has 1 N–H and O–H groups in total. The minimum Gasteiger partial charge on any atom is -0.468 e. The summed E-state index contributed by atoms with van der Waals surface area (Å²) in [5, 5.41) is 13.1. The molecule has 2 aliphatic heterocycles. The van der Waals surface area contributed by atoms with Crippen molar-refractivity contribution in [2.45, 2.75) is 84.0 Å². The highest BCUT2D eigenvalue weighted by molar-refractivity contribution is 5.89. The molecule has 5 aromatic rings. The van der Waals surface area contributed by atoms with E-state index in [4.69, 9.17) is 33.9 Å². The van der Waals surface area contributed by atoms with Gasteiger partial charge in [-0.15, -0.1) is 0 Å². The summed E-state index contributed by atoms with van der Waals surface area (Å²) < 4.78 is 22.4. The first-order valence-electron chi connectivity index (χ1n) is 20.9. The van der Waals surface area contributed by atoms with Gasteiger partial charge < -0.3 is 24.1 Å². The maximum atomic E-state index is 14.9. The molecule has 0 aromatic carbocycles. The summed E-state index contributed by atoms with van der Waals surface area (Å²) >= 11 is 0. The van der Waals surface area contributed by atoms with Gasteiger partial charge in [0.25, 0.3) is 0 Å². The molecule has 0 amide bonds. The number of nitrogens with zero attached hydrogens (tertiary/aromatic N) is 7. The number of fused-ring (bicyclic) bond motifs is 2. The second kappa shape index (κ2) is 17.9. The highest BCUT2D eigenvalue weighted by atomic mass is 16.6. The second-order valence-electron chi connectivity index (χ2n) is 18.0. The second-order valence-corrected chi connectivity index (χ2v) is 18.0. The van der Waals surface area contributed by atoms with E-state index in [1.54, 1.807) is 145 Å². The number of rotatable bonds is 11. The molecule has 0 aliphatic carbocycles. The van der Waals surface area contributed by atoms with Gasteiger partial charge in [0.2, 0.25) is 0 Å². The Hall–Kier alpha value is -6.49. The van der Waals surface area contributed by atoms with Crippen LogP contribution in [0.2, 0.25) is 0 Å². The number of likely N-dealkylation sites (tertiary alicyclic amines) is 2. The number of aromatic nitrogens is 5. The Balaban J connectivity index is 1.40. The number of ether oxygens (including phenoxy) is 4. The standard InChI is InChI=1S/C48H53N7O9/c1-45(2,3)63-40(56)36-22-14-16-30(52-36)26-54-28-47(43(59)61-7)38(34-18-9-11-24-49-34)55(39(35-19-10-12-25-50-35)48(29-54,42(47)58)44(60)62-8)27-31-17-13-20-32(51-31)33-21-15-23-37(53-33)41(57)64-46(4,5)6/h9-25,38-39,42,58H,26-29H2,1-8H3. The molecule has 0 spiro atoms. The third-order valence-corrected chi connectivity index (χ3v) is 11.2. The van der Waals surface area contributed by atoms with Crippen molar-refractivity contribution in [3.8, 4) is 11.4 Å². The first kappa shape index (κ1) is 45.5. The van der Waals surface area contributed by atoms with Crippen LogP contribution in [0.3, 0.4) is 0 Å². The molecule has 2 bridgehead atoms. The van der Waals surface area contributed by atoms with Gasteiger partial charge in [0.1, 0.15) is 33.4 Å². The van der Waals surface area contributed by atoms with E-state index in [1.807, 2.05) is 9.80 Å². The van der Waals surface area contributed by atoms with E-state index >= 15 is 0 Å². The van der Waals surface area contributed by atoms with Crippen molar-refractivity contribution < 1.29 is 43.2 Å². The number of piperidine rings is 2. The summed E-state index contributed by atoms with van der Waals surface area (Å²) in [7, 11) is 2.48. The molecule has 7 rings (SSSR count). The lowest BCUT2D eigenvalue weighted by Gasteiger charge is -2.65. The smallest absolute Gasteiger partial charge is 0.357 e. The lowest BCUT2D eigenvalue weighted by Crippen LogP contribution is -2.77. The number of aliphatic hydroxyl groups excluding tert-OH is 1. The number of esters is 4. The van der Waals surface area contributed by atoms with Crippen LogP contribution in [0, 0.1) is 10.8 Å². The molecule has 2 fully saturated rings. The molecule has 0 radical (unpaired) electrons. The van der Waals surface area contributed by atoms with Gasteiger partial charge >= 0.3 is 23.9 Å². The fourth-order valence-corrected chi connectivity index (χ4v) is 8.99. The molecule has 334 valence electrons. The van der Waals surface area contributed by atoms with Crippen molar-refractivity contribution >= 4 is 23.9 Å². The SMILES string of the molecule is COC(=O)C12CN(Cc3cccc(C(=O)OC(C)(C)C)n3)CC(C(=O)OC)(C(c3ccccn3)N(Cc3cccc(-c4cccc(C(=O)OC(C)(C)C)n4)n3)C1c1ccccn1)C2O. The summed E-state index contributed by atoms with van der Waals surface area (Å²) in [5.74, 6) is -2.78. The first-order valence-corrected chi connectivity index (χ1v) is 20.9. The van der Waals surface area contributed by atoms with Crippen LogP contribution < -0.4 is 0 Å². The molecule has 0 saturated carbocycles. The van der Waals surface area contributed by atoms with Gasteiger partial charge in [-0.1, -0.05) is 30.3 Å². The van der Waals surface area contributed by atoms with Crippen LogP contribution in [0.1, 0.15) is 97.4 Å². The number of pyridine rings is 5. The highest BCUT2D eigenvalue weighted by Crippen LogP contribution is 2.63. The molecule has 5 aromatic heterocycles. The van der Waals surface area contributed by atoms with Crippen molar-refractivity contribution in [1.29, 1.82) is 0 Å². The summed E-state index contributed by atoms with van der Waals surface area (Å²) in [4.78, 5) is 83.6. The van der Waals surface area contributed by atoms with Gasteiger partial charge in [-0.3, -0.25) is 29.4 Å². The van der Waals surface area contributed by atoms with Gasteiger partial charge in [0, 0.05) is 38.6 Å². The van der Waals surface area contributed by atoms with Crippen LogP contribution in [-0.2, 0) is 41.6 Å². The Kier molecular flexibility index (Phi) is 12.8. The molecular formula is C48H53N7O9. The van der Waals surface area contributed by atoms with Crippen molar-refractivity contribution in [3.05, 3.63) is 138 Å². The predicted molar refractivity (Wildman–Crippen MR) is 232 cm³/mol. The lowest BCUT2D eigenvalue weighted by molar-refractivity contribution is -0.255. The fourth-order valence-electron chi connectivity index (χ4n) is 8.99. The summed E-state index contributed by atoms with van der Waals surface area (Å²) in [6, 6.07) is 23.8. The summed E-state index contributed by atoms with van der Waals surface area (Å²) in [5.41, 5.74) is -2.51. The first-order chi connectivity index (χ1) is 30.4. The Morgan fingerprint density at radius 3 is 1.53 bits per heavy atom. The molecule has 4 unspecified atom stereocenters. The predicted octanol–water partition coefficient (Wildman–Crippen LogP) is 5.73. The van der Waals surface area contributed by atoms with E-state index < -0.39 is 64.1 Å². The zero-order valence-electron chi connectivity index (χ0n) is 37.2. The average molecular weight is 872 g/mol. The normalized spacial score (nSPS) is 22.5. The molecule has 16 nitrogen and oxygen atoms in total. The van der Waals surface area contributed by atoms with E-state index in [1.165, 1.54) is 14.2 Å². The molecule has 7 heterocycles. The van der Waals surface area contributed by atoms with Crippen LogP contribution in [0.15, 0.2) is 103 Å². The zero-order valence-corrected chi connectivity index (χ0v) is 37.2. The monoisotopic (exact) mass is 871 g/mol. The minimum atomic E-state index is -1.91. The van der Waals surface area contributed by atoms with E-state index in [-0.39, 0.29) is 37.6 Å². The van der Waals surface area contributed by atoms with E-state index in [2.05, 4.69) is 9.97 Å². The Morgan fingerprint density at radius 1 is 0.609 bits per heavy atom.